The highest BCUT2D eigenvalue weighted by Gasteiger charge is 2.18. The van der Waals surface area contributed by atoms with Gasteiger partial charge in [-0.3, -0.25) is 13.9 Å². The number of ether oxygens (including phenoxy) is 1. The number of benzene rings is 1. The lowest BCUT2D eigenvalue weighted by Crippen LogP contribution is -2.40. The van der Waals surface area contributed by atoms with E-state index < -0.39 is 11.2 Å². The number of aromatic nitrogens is 4. The minimum atomic E-state index is -0.457. The van der Waals surface area contributed by atoms with Gasteiger partial charge in [-0.1, -0.05) is 11.6 Å². The van der Waals surface area contributed by atoms with Gasteiger partial charge in [-0.05, 0) is 31.5 Å². The van der Waals surface area contributed by atoms with E-state index in [0.717, 1.165) is 10.1 Å². The molecule has 144 valence electrons. The summed E-state index contributed by atoms with van der Waals surface area (Å²) in [6, 6.07) is 3.47. The van der Waals surface area contributed by atoms with Crippen molar-refractivity contribution in [2.45, 2.75) is 26.5 Å². The van der Waals surface area contributed by atoms with E-state index in [1.807, 2.05) is 13.8 Å². The van der Waals surface area contributed by atoms with Gasteiger partial charge in [-0.2, -0.15) is 0 Å². The number of aryl methyl sites for hydroxylation is 3. The molecule has 0 aliphatic heterocycles. The summed E-state index contributed by atoms with van der Waals surface area (Å²) >= 11 is 6.21. The van der Waals surface area contributed by atoms with Crippen molar-refractivity contribution < 1.29 is 4.74 Å². The minimum Gasteiger partial charge on any atom is -0.489 e. The van der Waals surface area contributed by atoms with Gasteiger partial charge in [-0.25, -0.2) is 9.78 Å². The summed E-state index contributed by atoms with van der Waals surface area (Å²) in [4.78, 5) is 29.8. The minimum absolute atomic E-state index is 0.0284. The van der Waals surface area contributed by atoms with E-state index in [1.54, 1.807) is 30.8 Å². The van der Waals surface area contributed by atoms with Crippen molar-refractivity contribution in [3.63, 3.8) is 0 Å². The normalized spacial score (nSPS) is 12.5. The molecule has 8 nitrogen and oxygen atoms in total. The fourth-order valence-electron chi connectivity index (χ4n) is 3.04. The highest BCUT2D eigenvalue weighted by atomic mass is 35.5. The molecule has 0 fully saturated rings. The molecule has 0 saturated carbocycles. The van der Waals surface area contributed by atoms with Crippen LogP contribution in [-0.4, -0.2) is 31.3 Å². The fraction of sp³-hybridized carbons (Fsp3) is 0.389. The predicted octanol–water partition coefficient (Wildman–Crippen LogP) is 1.17. The van der Waals surface area contributed by atoms with Crippen molar-refractivity contribution in [3.8, 4) is 5.75 Å². The maximum Gasteiger partial charge on any atom is 0.332 e. The van der Waals surface area contributed by atoms with Gasteiger partial charge in [0.1, 0.15) is 11.9 Å². The molecule has 0 aliphatic carbocycles. The quantitative estimate of drug-likeness (QED) is 0.704. The first-order valence-corrected chi connectivity index (χ1v) is 8.89. The molecule has 9 heteroatoms. The van der Waals surface area contributed by atoms with E-state index in [-0.39, 0.29) is 12.6 Å². The van der Waals surface area contributed by atoms with Crippen molar-refractivity contribution in [1.29, 1.82) is 0 Å². The lowest BCUT2D eigenvalue weighted by molar-refractivity contribution is 0.225. The van der Waals surface area contributed by atoms with E-state index in [4.69, 9.17) is 22.1 Å². The van der Waals surface area contributed by atoms with Crippen LogP contribution >= 0.6 is 11.6 Å². The number of nitrogens with two attached hydrogens (primary N) is 1. The molecule has 0 spiro atoms. The largest absolute Gasteiger partial charge is 0.489 e. The van der Waals surface area contributed by atoms with Crippen molar-refractivity contribution in [1.82, 2.24) is 18.7 Å². The zero-order valence-corrected chi connectivity index (χ0v) is 16.4. The number of hydrogen-bond donors (Lipinski definition) is 1. The molecule has 2 aromatic heterocycles. The summed E-state index contributed by atoms with van der Waals surface area (Å²) < 4.78 is 10.1. The molecular weight excluding hydrogens is 370 g/mol. The van der Waals surface area contributed by atoms with Gasteiger partial charge in [0.2, 0.25) is 0 Å². The van der Waals surface area contributed by atoms with E-state index in [2.05, 4.69) is 4.98 Å². The maximum absolute atomic E-state index is 12.9. The Kier molecular flexibility index (Phi) is 5.12. The summed E-state index contributed by atoms with van der Waals surface area (Å²) in [5.41, 5.74) is 6.95. The fourth-order valence-corrected chi connectivity index (χ4v) is 3.34. The van der Waals surface area contributed by atoms with E-state index in [1.165, 1.54) is 10.9 Å². The third kappa shape index (κ3) is 3.38. The lowest BCUT2D eigenvalue weighted by atomic mass is 10.1. The number of nitrogens with zero attached hydrogens (tertiary/aromatic N) is 4. The number of rotatable bonds is 5. The van der Waals surface area contributed by atoms with Gasteiger partial charge in [0.25, 0.3) is 5.56 Å². The summed E-state index contributed by atoms with van der Waals surface area (Å²) in [6.45, 7) is 4.08. The first-order chi connectivity index (χ1) is 12.7. The van der Waals surface area contributed by atoms with Crippen LogP contribution in [0.3, 0.4) is 0 Å². The second-order valence-corrected chi connectivity index (χ2v) is 7.07. The Bertz CT molecular complexity index is 1130. The molecule has 1 unspecified atom stereocenters. The number of imidazole rings is 1. The molecule has 0 aliphatic rings. The smallest absolute Gasteiger partial charge is 0.332 e. The Hall–Kier alpha value is -2.58. The molecule has 1 atom stereocenters. The standard InChI is InChI=1S/C18H22ClN5O3/c1-10-5-13(19)6-12(15(10)27-11(2)7-20)8-24-17(25)14-16(21-9-22(14)3)23(4)18(24)26/h5-6,9,11H,7-8,20H2,1-4H3. The number of hydrogen-bond acceptors (Lipinski definition) is 5. The molecule has 2 heterocycles. The zero-order valence-electron chi connectivity index (χ0n) is 15.7. The van der Waals surface area contributed by atoms with Gasteiger partial charge in [-0.15, -0.1) is 0 Å². The van der Waals surface area contributed by atoms with Crippen LogP contribution in [-0.2, 0) is 20.6 Å². The highest BCUT2D eigenvalue weighted by molar-refractivity contribution is 6.30. The Morgan fingerprint density at radius 2 is 2.00 bits per heavy atom. The van der Waals surface area contributed by atoms with Gasteiger partial charge >= 0.3 is 5.69 Å². The molecular formula is C18H22ClN5O3. The first kappa shape index (κ1) is 19.2. The second-order valence-electron chi connectivity index (χ2n) is 6.64. The van der Waals surface area contributed by atoms with Gasteiger partial charge in [0.05, 0.1) is 12.9 Å². The molecule has 0 amide bonds. The van der Waals surface area contributed by atoms with Crippen LogP contribution < -0.4 is 21.7 Å². The van der Waals surface area contributed by atoms with Gasteiger partial charge in [0, 0.05) is 31.2 Å². The molecule has 27 heavy (non-hydrogen) atoms. The van der Waals surface area contributed by atoms with Crippen molar-refractivity contribution in [3.05, 3.63) is 55.4 Å². The Morgan fingerprint density at radius 3 is 2.67 bits per heavy atom. The monoisotopic (exact) mass is 391 g/mol. The molecule has 3 aromatic rings. The molecule has 3 rings (SSSR count). The summed E-state index contributed by atoms with van der Waals surface area (Å²) in [5.74, 6) is 0.580. The van der Waals surface area contributed by atoms with E-state index in [0.29, 0.717) is 34.0 Å². The van der Waals surface area contributed by atoms with Crippen LogP contribution in [0.15, 0.2) is 28.0 Å². The van der Waals surface area contributed by atoms with Crippen LogP contribution in [0.1, 0.15) is 18.1 Å². The maximum atomic E-state index is 12.9. The average Bonchev–Trinajstić information content (AvgIpc) is 3.01. The van der Waals surface area contributed by atoms with Crippen LogP contribution in [0.25, 0.3) is 11.2 Å². The molecule has 0 radical (unpaired) electrons. The molecule has 2 N–H and O–H groups in total. The topological polar surface area (TPSA) is 97.1 Å². The molecule has 0 saturated heterocycles. The van der Waals surface area contributed by atoms with Gasteiger partial charge < -0.3 is 15.0 Å². The summed E-state index contributed by atoms with van der Waals surface area (Å²) in [7, 11) is 3.30. The summed E-state index contributed by atoms with van der Waals surface area (Å²) in [5, 5.41) is 0.502. The first-order valence-electron chi connectivity index (χ1n) is 8.51. The van der Waals surface area contributed by atoms with Gasteiger partial charge in [0.15, 0.2) is 11.2 Å². The molecule has 0 bridgehead atoms. The van der Waals surface area contributed by atoms with Crippen LogP contribution in [0, 0.1) is 6.92 Å². The SMILES string of the molecule is Cc1cc(Cl)cc(Cn2c(=O)c3c(ncn3C)n(C)c2=O)c1OC(C)CN. The molecule has 1 aromatic carbocycles. The Labute approximate surface area is 160 Å². The second kappa shape index (κ2) is 7.21. The van der Waals surface area contributed by atoms with Crippen LogP contribution in [0.4, 0.5) is 0 Å². The highest BCUT2D eigenvalue weighted by Crippen LogP contribution is 2.29. The Balaban J connectivity index is 2.20. The summed E-state index contributed by atoms with van der Waals surface area (Å²) in [6.07, 6.45) is 1.29. The Morgan fingerprint density at radius 1 is 1.30 bits per heavy atom. The predicted molar refractivity (Wildman–Crippen MR) is 105 cm³/mol. The number of fused-ring (bicyclic) bond motifs is 1. The van der Waals surface area contributed by atoms with Crippen LogP contribution in [0.5, 0.6) is 5.75 Å². The third-order valence-corrected chi connectivity index (χ3v) is 4.71. The van der Waals surface area contributed by atoms with E-state index in [9.17, 15) is 9.59 Å². The van der Waals surface area contributed by atoms with Crippen molar-refractivity contribution in [2.75, 3.05) is 6.54 Å². The van der Waals surface area contributed by atoms with E-state index >= 15 is 0 Å². The average molecular weight is 392 g/mol. The van der Waals surface area contributed by atoms with Crippen molar-refractivity contribution in [2.24, 2.45) is 19.8 Å². The van der Waals surface area contributed by atoms with Crippen LogP contribution in [0.2, 0.25) is 5.02 Å². The zero-order chi connectivity index (χ0) is 19.9. The number of halogens is 1. The lowest BCUT2D eigenvalue weighted by Gasteiger charge is -2.19. The van der Waals surface area contributed by atoms with Crippen molar-refractivity contribution >= 4 is 22.8 Å². The third-order valence-electron chi connectivity index (χ3n) is 4.50.